The summed E-state index contributed by atoms with van der Waals surface area (Å²) < 4.78 is 5.11. The number of carbonyl (C=O) groups excluding carboxylic acids is 2. The number of hydrogen-bond donors (Lipinski definition) is 0. The van der Waals surface area contributed by atoms with E-state index in [-0.39, 0.29) is 29.9 Å². The molecule has 0 N–H and O–H groups in total. The van der Waals surface area contributed by atoms with E-state index in [1.54, 1.807) is 11.9 Å². The molecule has 1 aliphatic rings. The van der Waals surface area contributed by atoms with E-state index in [1.807, 2.05) is 32.6 Å². The zero-order valence-corrected chi connectivity index (χ0v) is 12.7. The number of likely N-dealkylation sites (tertiary alicyclic amines) is 1. The molecule has 2 amide bonds. The summed E-state index contributed by atoms with van der Waals surface area (Å²) in [6.45, 7) is 9.99. The van der Waals surface area contributed by atoms with Crippen LogP contribution in [0, 0.1) is 5.92 Å². The Labute approximate surface area is 115 Å². The largest absolute Gasteiger partial charge is 0.372 e. The molecule has 1 heterocycles. The third kappa shape index (κ3) is 4.49. The van der Waals surface area contributed by atoms with Gasteiger partial charge in [-0.15, -0.1) is 0 Å². The van der Waals surface area contributed by atoms with Gasteiger partial charge in [-0.1, -0.05) is 0 Å². The number of likely N-dealkylation sites (N-methyl/N-ethyl adjacent to an activating group) is 1. The highest BCUT2D eigenvalue weighted by molar-refractivity contribution is 5.80. The first-order valence-electron chi connectivity index (χ1n) is 6.88. The monoisotopic (exact) mass is 270 g/mol. The van der Waals surface area contributed by atoms with Gasteiger partial charge in [0, 0.05) is 44.6 Å². The van der Waals surface area contributed by atoms with Crippen molar-refractivity contribution in [1.82, 2.24) is 9.80 Å². The lowest BCUT2D eigenvalue weighted by Gasteiger charge is -2.32. The van der Waals surface area contributed by atoms with Crippen LogP contribution in [0.5, 0.6) is 0 Å². The number of amides is 2. The molecule has 0 aromatic heterocycles. The first kappa shape index (κ1) is 16.0. The van der Waals surface area contributed by atoms with Gasteiger partial charge in [0.2, 0.25) is 11.8 Å². The second-order valence-corrected chi connectivity index (χ2v) is 6.16. The number of hydrogen-bond acceptors (Lipinski definition) is 3. The highest BCUT2D eigenvalue weighted by Gasteiger charge is 2.36. The molecule has 0 aromatic carbocycles. The molecule has 1 aliphatic heterocycles. The number of carbonyl (C=O) groups is 2. The third-order valence-electron chi connectivity index (χ3n) is 3.40. The molecule has 0 saturated carbocycles. The summed E-state index contributed by atoms with van der Waals surface area (Å²) in [5, 5.41) is 0. The predicted octanol–water partition coefficient (Wildman–Crippen LogP) is 1.13. The minimum atomic E-state index is -0.139. The SMILES string of the molecule is CCOCC(=O)N(C)CC1CC(=O)N(C(C)(C)C)C1. The molecule has 1 unspecified atom stereocenters. The highest BCUT2D eigenvalue weighted by Crippen LogP contribution is 2.26. The highest BCUT2D eigenvalue weighted by atomic mass is 16.5. The first-order valence-corrected chi connectivity index (χ1v) is 6.88. The summed E-state index contributed by atoms with van der Waals surface area (Å²) in [6, 6.07) is 0. The van der Waals surface area contributed by atoms with Crippen molar-refractivity contribution in [2.45, 2.75) is 39.7 Å². The molecular formula is C14H26N2O3. The Hall–Kier alpha value is -1.10. The summed E-state index contributed by atoms with van der Waals surface area (Å²) in [6.07, 6.45) is 0.531. The molecule has 110 valence electrons. The molecule has 5 nitrogen and oxygen atoms in total. The average Bonchev–Trinajstić information content (AvgIpc) is 2.66. The first-order chi connectivity index (χ1) is 8.75. The maximum atomic E-state index is 12.0. The smallest absolute Gasteiger partial charge is 0.248 e. The van der Waals surface area contributed by atoms with E-state index in [4.69, 9.17) is 4.74 Å². The lowest BCUT2D eigenvalue weighted by molar-refractivity contribution is -0.135. The molecular weight excluding hydrogens is 244 g/mol. The normalized spacial score (nSPS) is 19.9. The number of nitrogens with zero attached hydrogens (tertiary/aromatic N) is 2. The quantitative estimate of drug-likeness (QED) is 0.752. The van der Waals surface area contributed by atoms with Crippen molar-refractivity contribution >= 4 is 11.8 Å². The van der Waals surface area contributed by atoms with Crippen LogP contribution in [0.25, 0.3) is 0 Å². The van der Waals surface area contributed by atoms with Gasteiger partial charge < -0.3 is 14.5 Å². The van der Waals surface area contributed by atoms with Crippen LogP contribution in [0.3, 0.4) is 0 Å². The van der Waals surface area contributed by atoms with E-state index in [2.05, 4.69) is 0 Å². The molecule has 1 saturated heterocycles. The Morgan fingerprint density at radius 3 is 2.58 bits per heavy atom. The van der Waals surface area contributed by atoms with Crippen molar-refractivity contribution in [2.24, 2.45) is 5.92 Å². The van der Waals surface area contributed by atoms with Crippen LogP contribution in [0.15, 0.2) is 0 Å². The molecule has 1 atom stereocenters. The molecule has 0 bridgehead atoms. The van der Waals surface area contributed by atoms with E-state index >= 15 is 0 Å². The Balaban J connectivity index is 2.47. The van der Waals surface area contributed by atoms with Gasteiger partial charge in [-0.2, -0.15) is 0 Å². The van der Waals surface area contributed by atoms with Crippen molar-refractivity contribution in [1.29, 1.82) is 0 Å². The molecule has 1 rings (SSSR count). The minimum absolute atomic E-state index is 0.0245. The van der Waals surface area contributed by atoms with Crippen LogP contribution in [-0.4, -0.2) is 60.5 Å². The van der Waals surface area contributed by atoms with Crippen LogP contribution in [0.4, 0.5) is 0 Å². The molecule has 5 heteroatoms. The predicted molar refractivity (Wildman–Crippen MR) is 73.7 cm³/mol. The lowest BCUT2D eigenvalue weighted by atomic mass is 10.1. The van der Waals surface area contributed by atoms with Gasteiger partial charge in [-0.05, 0) is 27.7 Å². The molecule has 0 aliphatic carbocycles. The average molecular weight is 270 g/mol. The van der Waals surface area contributed by atoms with E-state index in [9.17, 15) is 9.59 Å². The van der Waals surface area contributed by atoms with Crippen molar-refractivity contribution < 1.29 is 14.3 Å². The van der Waals surface area contributed by atoms with Crippen molar-refractivity contribution in [3.8, 4) is 0 Å². The Kier molecular flexibility index (Phi) is 5.35. The van der Waals surface area contributed by atoms with Gasteiger partial charge >= 0.3 is 0 Å². The zero-order valence-electron chi connectivity index (χ0n) is 12.7. The maximum absolute atomic E-state index is 12.0. The fourth-order valence-electron chi connectivity index (χ4n) is 2.34. The van der Waals surface area contributed by atoms with Crippen LogP contribution >= 0.6 is 0 Å². The molecule has 0 aromatic rings. The Morgan fingerprint density at radius 1 is 1.47 bits per heavy atom. The molecule has 19 heavy (non-hydrogen) atoms. The van der Waals surface area contributed by atoms with Crippen molar-refractivity contribution in [3.63, 3.8) is 0 Å². The van der Waals surface area contributed by atoms with Gasteiger partial charge in [-0.25, -0.2) is 0 Å². The van der Waals surface area contributed by atoms with Crippen molar-refractivity contribution in [2.75, 3.05) is 33.4 Å². The van der Waals surface area contributed by atoms with Crippen molar-refractivity contribution in [3.05, 3.63) is 0 Å². The van der Waals surface area contributed by atoms with Crippen LogP contribution in [0.2, 0.25) is 0 Å². The topological polar surface area (TPSA) is 49.9 Å². The van der Waals surface area contributed by atoms with E-state index < -0.39 is 0 Å². The molecule has 0 radical (unpaired) electrons. The summed E-state index contributed by atoms with van der Waals surface area (Å²) in [5.74, 6) is 0.383. The Bertz CT molecular complexity index is 336. The van der Waals surface area contributed by atoms with E-state index in [1.165, 1.54) is 0 Å². The summed E-state index contributed by atoms with van der Waals surface area (Å²) in [4.78, 5) is 27.3. The number of rotatable bonds is 5. The van der Waals surface area contributed by atoms with Crippen LogP contribution in [0.1, 0.15) is 34.1 Å². The van der Waals surface area contributed by atoms with Crippen LogP contribution < -0.4 is 0 Å². The second-order valence-electron chi connectivity index (χ2n) is 6.16. The summed E-state index contributed by atoms with van der Waals surface area (Å²) >= 11 is 0. The van der Waals surface area contributed by atoms with Gasteiger partial charge in [0.05, 0.1) is 0 Å². The standard InChI is InChI=1S/C14H26N2O3/c1-6-19-10-13(18)15(5)8-11-7-12(17)16(9-11)14(2,3)4/h11H,6-10H2,1-5H3. The lowest BCUT2D eigenvalue weighted by Crippen LogP contribution is -2.43. The zero-order chi connectivity index (χ0) is 14.6. The van der Waals surface area contributed by atoms with E-state index in [0.29, 0.717) is 19.6 Å². The van der Waals surface area contributed by atoms with Gasteiger partial charge in [0.25, 0.3) is 0 Å². The van der Waals surface area contributed by atoms with Gasteiger partial charge in [0.15, 0.2) is 0 Å². The van der Waals surface area contributed by atoms with Crippen LogP contribution in [-0.2, 0) is 14.3 Å². The third-order valence-corrected chi connectivity index (χ3v) is 3.40. The number of ether oxygens (including phenoxy) is 1. The van der Waals surface area contributed by atoms with Gasteiger partial charge in [-0.3, -0.25) is 9.59 Å². The summed E-state index contributed by atoms with van der Waals surface area (Å²) in [7, 11) is 1.77. The Morgan fingerprint density at radius 2 is 2.11 bits per heavy atom. The fraction of sp³-hybridized carbons (Fsp3) is 0.857. The molecule has 1 fully saturated rings. The second kappa shape index (κ2) is 6.37. The fourth-order valence-corrected chi connectivity index (χ4v) is 2.34. The van der Waals surface area contributed by atoms with Gasteiger partial charge in [0.1, 0.15) is 6.61 Å². The molecule has 0 spiro atoms. The van der Waals surface area contributed by atoms with E-state index in [0.717, 1.165) is 6.54 Å². The summed E-state index contributed by atoms with van der Waals surface area (Å²) in [5.41, 5.74) is -0.139. The maximum Gasteiger partial charge on any atom is 0.248 e. The minimum Gasteiger partial charge on any atom is -0.372 e.